The summed E-state index contributed by atoms with van der Waals surface area (Å²) >= 11 is 0. The second kappa shape index (κ2) is 7.44. The van der Waals surface area contributed by atoms with Gasteiger partial charge >= 0.3 is 6.03 Å². The third-order valence-electron chi connectivity index (χ3n) is 4.09. The third-order valence-corrected chi connectivity index (χ3v) is 4.09. The van der Waals surface area contributed by atoms with Crippen LogP contribution < -0.4 is 10.1 Å². The lowest BCUT2D eigenvalue weighted by Gasteiger charge is -2.22. The first-order valence-corrected chi connectivity index (χ1v) is 8.34. The van der Waals surface area contributed by atoms with Gasteiger partial charge in [0.15, 0.2) is 0 Å². The highest BCUT2D eigenvalue weighted by Gasteiger charge is 2.17. The number of nitrogens with zero attached hydrogens (tertiary/aromatic N) is 1. The largest absolute Gasteiger partial charge is 0.495 e. The minimum atomic E-state index is -0.273. The van der Waals surface area contributed by atoms with Crippen molar-refractivity contribution in [2.45, 2.75) is 13.3 Å². The predicted molar refractivity (Wildman–Crippen MR) is 98.2 cm³/mol. The Morgan fingerprint density at radius 3 is 2.72 bits per heavy atom. The maximum absolute atomic E-state index is 12.5. The molecule has 2 amide bonds. The molecule has 3 rings (SSSR count). The van der Waals surface area contributed by atoms with Gasteiger partial charge in [0.2, 0.25) is 0 Å². The van der Waals surface area contributed by atoms with E-state index in [0.29, 0.717) is 23.6 Å². The van der Waals surface area contributed by atoms with Crippen LogP contribution in [0.1, 0.15) is 13.3 Å². The Hall–Kier alpha value is -2.73. The average molecular weight is 342 g/mol. The molecule has 0 saturated heterocycles. The lowest BCUT2D eigenvalue weighted by atomic mass is 10.1. The Labute approximate surface area is 146 Å². The Kier molecular flexibility index (Phi) is 5.09. The fourth-order valence-electron chi connectivity index (χ4n) is 2.92. The molecule has 3 aromatic rings. The number of benzene rings is 2. The zero-order valence-electron chi connectivity index (χ0n) is 14.4. The van der Waals surface area contributed by atoms with Crippen molar-refractivity contribution in [2.75, 3.05) is 32.1 Å². The minimum absolute atomic E-state index is 0.0762. The first kappa shape index (κ1) is 17.1. The summed E-state index contributed by atoms with van der Waals surface area (Å²) in [4.78, 5) is 14.1. The fourth-order valence-corrected chi connectivity index (χ4v) is 2.92. The summed E-state index contributed by atoms with van der Waals surface area (Å²) in [6, 6.07) is 11.1. The Balaban J connectivity index is 1.97. The van der Waals surface area contributed by atoms with E-state index in [1.165, 1.54) is 0 Å². The number of amides is 2. The van der Waals surface area contributed by atoms with Crippen LogP contribution in [0, 0.1) is 0 Å². The average Bonchev–Trinajstić information content (AvgIpc) is 2.98. The molecule has 0 bridgehead atoms. The van der Waals surface area contributed by atoms with Gasteiger partial charge in [0, 0.05) is 29.9 Å². The smallest absolute Gasteiger partial charge is 0.322 e. The van der Waals surface area contributed by atoms with E-state index in [1.807, 2.05) is 37.3 Å². The number of nitrogens with one attached hydrogen (secondary N) is 1. The quantitative estimate of drug-likeness (QED) is 0.714. The van der Waals surface area contributed by atoms with Crippen LogP contribution >= 0.6 is 0 Å². The monoisotopic (exact) mass is 342 g/mol. The van der Waals surface area contributed by atoms with Gasteiger partial charge in [-0.05, 0) is 18.6 Å². The molecular formula is C19H22N2O4. The van der Waals surface area contributed by atoms with Crippen molar-refractivity contribution in [1.29, 1.82) is 0 Å². The summed E-state index contributed by atoms with van der Waals surface area (Å²) in [7, 11) is 1.57. The van der Waals surface area contributed by atoms with Crippen LogP contribution in [0.4, 0.5) is 10.5 Å². The summed E-state index contributed by atoms with van der Waals surface area (Å²) in [5.74, 6) is 0.563. The molecule has 2 aromatic carbocycles. The normalized spacial score (nSPS) is 11.0. The first-order chi connectivity index (χ1) is 12.2. The van der Waals surface area contributed by atoms with Gasteiger partial charge in [-0.25, -0.2) is 4.79 Å². The maximum Gasteiger partial charge on any atom is 0.322 e. The maximum atomic E-state index is 12.5. The Bertz CT molecular complexity index is 882. The predicted octanol–water partition coefficient (Wildman–Crippen LogP) is 3.83. The number of aliphatic hydroxyl groups excluding tert-OH is 1. The van der Waals surface area contributed by atoms with Gasteiger partial charge < -0.3 is 24.5 Å². The molecule has 0 spiro atoms. The lowest BCUT2D eigenvalue weighted by Crippen LogP contribution is -2.37. The van der Waals surface area contributed by atoms with Gasteiger partial charge in [-0.1, -0.05) is 25.1 Å². The number of anilines is 1. The van der Waals surface area contributed by atoms with E-state index >= 15 is 0 Å². The minimum Gasteiger partial charge on any atom is -0.495 e. The van der Waals surface area contributed by atoms with Crippen molar-refractivity contribution >= 4 is 33.7 Å². The summed E-state index contributed by atoms with van der Waals surface area (Å²) < 4.78 is 11.3. The number of carbonyl (C=O) groups excluding carboxylic acids is 1. The molecule has 0 fully saturated rings. The second-order valence-corrected chi connectivity index (χ2v) is 5.79. The number of fused-ring (bicyclic) bond motifs is 3. The molecule has 6 heteroatoms. The van der Waals surface area contributed by atoms with Gasteiger partial charge in [-0.15, -0.1) is 0 Å². The van der Waals surface area contributed by atoms with Crippen LogP contribution in [0.2, 0.25) is 0 Å². The summed E-state index contributed by atoms with van der Waals surface area (Å²) in [5, 5.41) is 13.9. The molecule has 6 nitrogen and oxygen atoms in total. The van der Waals surface area contributed by atoms with E-state index in [-0.39, 0.29) is 19.2 Å². The van der Waals surface area contributed by atoms with Crippen LogP contribution in [0.15, 0.2) is 40.8 Å². The van der Waals surface area contributed by atoms with Crippen LogP contribution in [0.5, 0.6) is 5.75 Å². The van der Waals surface area contributed by atoms with Crippen molar-refractivity contribution in [3.8, 4) is 5.75 Å². The standard InChI is InChI=1S/C19H22N2O4/c1-3-8-21(9-10-22)19(23)20-15-12-17-14(11-18(15)24-2)13-6-4-5-7-16(13)25-17/h4-7,11-12,22H,3,8-10H2,1-2H3,(H,20,23). The molecule has 2 N–H and O–H groups in total. The zero-order chi connectivity index (χ0) is 17.8. The van der Waals surface area contributed by atoms with E-state index in [0.717, 1.165) is 22.8 Å². The van der Waals surface area contributed by atoms with E-state index in [1.54, 1.807) is 18.1 Å². The van der Waals surface area contributed by atoms with Crippen molar-refractivity contribution in [2.24, 2.45) is 0 Å². The number of urea groups is 1. The topological polar surface area (TPSA) is 74.9 Å². The number of furan rings is 1. The molecule has 0 saturated carbocycles. The van der Waals surface area contributed by atoms with Gasteiger partial charge in [-0.3, -0.25) is 0 Å². The second-order valence-electron chi connectivity index (χ2n) is 5.79. The number of aliphatic hydroxyl groups is 1. The molecule has 132 valence electrons. The van der Waals surface area contributed by atoms with Crippen molar-refractivity contribution < 1.29 is 19.1 Å². The van der Waals surface area contributed by atoms with Gasteiger partial charge in [0.25, 0.3) is 0 Å². The van der Waals surface area contributed by atoms with Crippen molar-refractivity contribution in [3.63, 3.8) is 0 Å². The molecule has 0 unspecified atom stereocenters. The van der Waals surface area contributed by atoms with E-state index < -0.39 is 0 Å². The van der Waals surface area contributed by atoms with Crippen LogP contribution in [0.25, 0.3) is 21.9 Å². The molecule has 0 radical (unpaired) electrons. The van der Waals surface area contributed by atoms with Gasteiger partial charge in [0.05, 0.1) is 19.4 Å². The Morgan fingerprint density at radius 2 is 2.00 bits per heavy atom. The third kappa shape index (κ3) is 3.39. The molecular weight excluding hydrogens is 320 g/mol. The van der Waals surface area contributed by atoms with Crippen molar-refractivity contribution in [1.82, 2.24) is 4.90 Å². The molecule has 0 aliphatic heterocycles. The first-order valence-electron chi connectivity index (χ1n) is 8.34. The molecule has 0 aliphatic carbocycles. The number of para-hydroxylation sites is 1. The number of hydrogen-bond donors (Lipinski definition) is 2. The highest BCUT2D eigenvalue weighted by Crippen LogP contribution is 2.36. The van der Waals surface area contributed by atoms with Crippen molar-refractivity contribution in [3.05, 3.63) is 36.4 Å². The number of ether oxygens (including phenoxy) is 1. The summed E-state index contributed by atoms with van der Waals surface area (Å²) in [5.41, 5.74) is 2.01. The van der Waals surface area contributed by atoms with E-state index in [2.05, 4.69) is 5.32 Å². The molecule has 1 aromatic heterocycles. The molecule has 1 heterocycles. The fraction of sp³-hybridized carbons (Fsp3) is 0.316. The highest BCUT2D eigenvalue weighted by atomic mass is 16.5. The Morgan fingerprint density at radius 1 is 1.20 bits per heavy atom. The van der Waals surface area contributed by atoms with Gasteiger partial charge in [0.1, 0.15) is 16.9 Å². The SMILES string of the molecule is CCCN(CCO)C(=O)Nc1cc2oc3ccccc3c2cc1OC. The molecule has 0 atom stereocenters. The number of hydrogen-bond acceptors (Lipinski definition) is 4. The number of carbonyl (C=O) groups is 1. The summed E-state index contributed by atoms with van der Waals surface area (Å²) in [6.45, 7) is 2.77. The molecule has 25 heavy (non-hydrogen) atoms. The lowest BCUT2D eigenvalue weighted by molar-refractivity contribution is 0.188. The van der Waals surface area contributed by atoms with Crippen LogP contribution in [0.3, 0.4) is 0 Å². The summed E-state index contributed by atoms with van der Waals surface area (Å²) in [6.07, 6.45) is 0.813. The molecule has 0 aliphatic rings. The zero-order valence-corrected chi connectivity index (χ0v) is 14.4. The highest BCUT2D eigenvalue weighted by molar-refractivity contribution is 6.07. The van der Waals surface area contributed by atoms with E-state index in [9.17, 15) is 4.79 Å². The number of methoxy groups -OCH3 is 1. The van der Waals surface area contributed by atoms with Crippen LogP contribution in [-0.4, -0.2) is 42.8 Å². The number of rotatable bonds is 6. The van der Waals surface area contributed by atoms with Gasteiger partial charge in [-0.2, -0.15) is 0 Å². The van der Waals surface area contributed by atoms with Crippen LogP contribution in [-0.2, 0) is 0 Å². The van der Waals surface area contributed by atoms with E-state index in [4.69, 9.17) is 14.3 Å².